The maximum absolute atomic E-state index is 14.0. The highest BCUT2D eigenvalue weighted by Crippen LogP contribution is 2.34. The average Bonchev–Trinajstić information content (AvgIpc) is 3.31. The Morgan fingerprint density at radius 1 is 1.03 bits per heavy atom. The van der Waals surface area contributed by atoms with Gasteiger partial charge in [-0.05, 0) is 47.9 Å². The van der Waals surface area contributed by atoms with Gasteiger partial charge in [0.05, 0.1) is 16.8 Å². The lowest BCUT2D eigenvalue weighted by Crippen LogP contribution is -2.30. The number of carbonyl (C=O) groups excluding carboxylic acids is 1. The number of hydrogen-bond acceptors (Lipinski definition) is 6. The first-order chi connectivity index (χ1) is 19.0. The van der Waals surface area contributed by atoms with Crippen LogP contribution < -0.4 is 10.9 Å². The lowest BCUT2D eigenvalue weighted by molar-refractivity contribution is -0.113. The van der Waals surface area contributed by atoms with Crippen molar-refractivity contribution in [2.75, 3.05) is 17.6 Å². The fourth-order valence-corrected chi connectivity index (χ4v) is 7.15. The van der Waals surface area contributed by atoms with Crippen molar-refractivity contribution in [2.24, 2.45) is 0 Å². The lowest BCUT2D eigenvalue weighted by Gasteiger charge is -2.26. The van der Waals surface area contributed by atoms with E-state index in [0.29, 0.717) is 21.3 Å². The minimum absolute atomic E-state index is 0.0852. The van der Waals surface area contributed by atoms with Gasteiger partial charge in [0.25, 0.3) is 5.56 Å². The second-order valence-electron chi connectivity index (χ2n) is 9.35. The van der Waals surface area contributed by atoms with Crippen LogP contribution in [0.1, 0.15) is 16.0 Å². The van der Waals surface area contributed by atoms with E-state index in [-0.39, 0.29) is 17.2 Å². The molecule has 3 heterocycles. The van der Waals surface area contributed by atoms with E-state index in [0.717, 1.165) is 42.1 Å². The number of nitrogens with zero attached hydrogens (tertiary/aromatic N) is 3. The molecule has 0 aliphatic carbocycles. The van der Waals surface area contributed by atoms with Gasteiger partial charge in [0.2, 0.25) is 5.91 Å². The van der Waals surface area contributed by atoms with Crippen molar-refractivity contribution >= 4 is 56.5 Å². The van der Waals surface area contributed by atoms with Crippen LogP contribution in [-0.4, -0.2) is 32.7 Å². The highest BCUT2D eigenvalue weighted by molar-refractivity contribution is 7.99. The summed E-state index contributed by atoms with van der Waals surface area (Å²) in [6, 6.07) is 27.0. The highest BCUT2D eigenvalue weighted by Gasteiger charge is 2.26. The van der Waals surface area contributed by atoms with Gasteiger partial charge in [0, 0.05) is 35.2 Å². The molecular weight excluding hydrogens is 548 g/mol. The first kappa shape index (κ1) is 25.8. The van der Waals surface area contributed by atoms with E-state index in [9.17, 15) is 9.59 Å². The number of aromatic nitrogens is 2. The summed E-state index contributed by atoms with van der Waals surface area (Å²) in [6.45, 7) is 2.55. The molecule has 0 saturated heterocycles. The number of benzene rings is 3. The number of thiophene rings is 1. The molecule has 0 radical (unpaired) electrons. The second-order valence-corrected chi connectivity index (χ2v) is 11.8. The Morgan fingerprint density at radius 2 is 1.79 bits per heavy atom. The Hall–Kier alpha value is -3.43. The predicted octanol–water partition coefficient (Wildman–Crippen LogP) is 6.39. The second kappa shape index (κ2) is 11.4. The monoisotopic (exact) mass is 572 g/mol. The molecule has 0 unspecified atom stereocenters. The third kappa shape index (κ3) is 5.65. The molecule has 3 aromatic carbocycles. The molecule has 6 rings (SSSR count). The molecule has 9 heteroatoms. The summed E-state index contributed by atoms with van der Waals surface area (Å²) >= 11 is 8.89. The van der Waals surface area contributed by atoms with Gasteiger partial charge in [-0.1, -0.05) is 78.0 Å². The van der Waals surface area contributed by atoms with Crippen molar-refractivity contribution in [3.8, 4) is 5.69 Å². The number of carbonyl (C=O) groups is 1. The van der Waals surface area contributed by atoms with Gasteiger partial charge in [-0.3, -0.25) is 19.1 Å². The van der Waals surface area contributed by atoms with Crippen LogP contribution in [-0.2, 0) is 24.3 Å². The molecule has 0 fully saturated rings. The Balaban J connectivity index is 1.31. The SMILES string of the molecule is O=C(CSc1nc2sc3c(c2c(=O)n1-c1ccccc1)CCN(Cc1ccccc1)C3)Nc1cccc(Cl)c1. The van der Waals surface area contributed by atoms with Crippen LogP contribution in [0.25, 0.3) is 15.9 Å². The molecule has 0 atom stereocenters. The number of anilines is 1. The molecule has 1 aliphatic rings. The molecule has 0 bridgehead atoms. The topological polar surface area (TPSA) is 67.2 Å². The van der Waals surface area contributed by atoms with Gasteiger partial charge in [-0.2, -0.15) is 0 Å². The predicted molar refractivity (Wildman–Crippen MR) is 160 cm³/mol. The number of amides is 1. The zero-order valence-corrected chi connectivity index (χ0v) is 23.4. The highest BCUT2D eigenvalue weighted by atomic mass is 35.5. The van der Waals surface area contributed by atoms with E-state index < -0.39 is 0 Å². The van der Waals surface area contributed by atoms with Crippen molar-refractivity contribution in [2.45, 2.75) is 24.7 Å². The Bertz CT molecular complexity index is 1700. The third-order valence-corrected chi connectivity index (χ3v) is 8.91. The number of para-hydroxylation sites is 1. The lowest BCUT2D eigenvalue weighted by atomic mass is 10.0. The quantitative estimate of drug-likeness (QED) is 0.181. The fraction of sp³-hybridized carbons (Fsp3) is 0.167. The maximum atomic E-state index is 14.0. The summed E-state index contributed by atoms with van der Waals surface area (Å²) in [4.78, 5) is 36.0. The summed E-state index contributed by atoms with van der Waals surface area (Å²) in [5, 5.41) is 4.62. The first-order valence-corrected chi connectivity index (χ1v) is 14.8. The molecule has 0 saturated carbocycles. The summed E-state index contributed by atoms with van der Waals surface area (Å²) in [6.07, 6.45) is 0.808. The first-order valence-electron chi connectivity index (χ1n) is 12.6. The van der Waals surface area contributed by atoms with Crippen LogP contribution in [0.5, 0.6) is 0 Å². The molecular formula is C30H25ClN4O2S2. The number of rotatable bonds is 7. The molecule has 2 aromatic heterocycles. The summed E-state index contributed by atoms with van der Waals surface area (Å²) in [5.74, 6) is -0.0917. The molecule has 6 nitrogen and oxygen atoms in total. The van der Waals surface area contributed by atoms with Gasteiger partial charge >= 0.3 is 0 Å². The van der Waals surface area contributed by atoms with E-state index >= 15 is 0 Å². The number of hydrogen-bond donors (Lipinski definition) is 1. The number of fused-ring (bicyclic) bond motifs is 3. The van der Waals surface area contributed by atoms with E-state index in [1.54, 1.807) is 40.2 Å². The molecule has 39 heavy (non-hydrogen) atoms. The van der Waals surface area contributed by atoms with E-state index in [1.807, 2.05) is 36.4 Å². The Morgan fingerprint density at radius 3 is 2.56 bits per heavy atom. The Labute approximate surface area is 239 Å². The summed E-state index contributed by atoms with van der Waals surface area (Å²) in [5.41, 5.74) is 3.66. The molecule has 196 valence electrons. The van der Waals surface area contributed by atoms with Gasteiger partial charge < -0.3 is 5.32 Å². The largest absolute Gasteiger partial charge is 0.325 e. The van der Waals surface area contributed by atoms with Crippen LogP contribution >= 0.6 is 34.7 Å². The minimum Gasteiger partial charge on any atom is -0.325 e. The molecule has 5 aromatic rings. The van der Waals surface area contributed by atoms with Gasteiger partial charge in [0.15, 0.2) is 5.16 Å². The maximum Gasteiger partial charge on any atom is 0.267 e. The normalized spacial score (nSPS) is 13.4. The zero-order valence-electron chi connectivity index (χ0n) is 21.0. The van der Waals surface area contributed by atoms with Crippen molar-refractivity contribution in [3.05, 3.63) is 116 Å². The van der Waals surface area contributed by atoms with Crippen molar-refractivity contribution < 1.29 is 4.79 Å². The van der Waals surface area contributed by atoms with Crippen LogP contribution in [0, 0.1) is 0 Å². The number of thioether (sulfide) groups is 1. The van der Waals surface area contributed by atoms with Crippen molar-refractivity contribution in [1.82, 2.24) is 14.5 Å². The van der Waals surface area contributed by atoms with Crippen LogP contribution in [0.4, 0.5) is 5.69 Å². The average molecular weight is 573 g/mol. The smallest absolute Gasteiger partial charge is 0.267 e. The molecule has 0 spiro atoms. The van der Waals surface area contributed by atoms with Gasteiger partial charge in [0.1, 0.15) is 4.83 Å². The molecule has 1 N–H and O–H groups in total. The van der Waals surface area contributed by atoms with Gasteiger partial charge in [-0.15, -0.1) is 11.3 Å². The molecule has 1 amide bonds. The summed E-state index contributed by atoms with van der Waals surface area (Å²) < 4.78 is 1.64. The van der Waals surface area contributed by atoms with Crippen LogP contribution in [0.3, 0.4) is 0 Å². The summed E-state index contributed by atoms with van der Waals surface area (Å²) in [7, 11) is 0. The number of nitrogens with one attached hydrogen (secondary N) is 1. The zero-order chi connectivity index (χ0) is 26.8. The Kier molecular flexibility index (Phi) is 7.52. The fourth-order valence-electron chi connectivity index (χ4n) is 4.85. The third-order valence-electron chi connectivity index (χ3n) is 6.63. The molecule has 1 aliphatic heterocycles. The van der Waals surface area contributed by atoms with E-state index in [4.69, 9.17) is 16.6 Å². The number of halogens is 1. The van der Waals surface area contributed by atoms with Gasteiger partial charge in [-0.25, -0.2) is 4.98 Å². The van der Waals surface area contributed by atoms with E-state index in [2.05, 4.69) is 34.5 Å². The van der Waals surface area contributed by atoms with Crippen molar-refractivity contribution in [3.63, 3.8) is 0 Å². The standard InChI is InChI=1S/C30H25ClN4O2S2/c31-21-10-7-11-22(16-21)32-26(36)19-38-30-33-28-27(29(37)35(30)23-12-5-2-6-13-23)24-14-15-34(18-25(24)39-28)17-20-8-3-1-4-9-20/h1-13,16H,14-15,17-19H2,(H,32,36). The van der Waals surface area contributed by atoms with Crippen LogP contribution in [0.15, 0.2) is 94.9 Å². The van der Waals surface area contributed by atoms with Crippen LogP contribution in [0.2, 0.25) is 5.02 Å². The van der Waals surface area contributed by atoms with E-state index in [1.165, 1.54) is 22.2 Å². The van der Waals surface area contributed by atoms with Crippen molar-refractivity contribution in [1.29, 1.82) is 0 Å². The minimum atomic E-state index is -0.196.